The number of nitrogens with one attached hydrogen (secondary N) is 1. The van der Waals surface area contributed by atoms with E-state index >= 15 is 0 Å². The van der Waals surface area contributed by atoms with Gasteiger partial charge in [-0.15, -0.1) is 0 Å². The molecule has 0 saturated carbocycles. The van der Waals surface area contributed by atoms with Gasteiger partial charge in [-0.1, -0.05) is 30.3 Å². The van der Waals surface area contributed by atoms with Crippen LogP contribution >= 0.6 is 0 Å². The summed E-state index contributed by atoms with van der Waals surface area (Å²) in [5.41, 5.74) is 11.2. The summed E-state index contributed by atoms with van der Waals surface area (Å²) in [6.07, 6.45) is 2.22. The van der Waals surface area contributed by atoms with Crippen LogP contribution in [0.25, 0.3) is 11.3 Å². The molecule has 2 aromatic carbocycles. The number of benzene rings is 2. The number of rotatable bonds is 7. The fourth-order valence-corrected chi connectivity index (χ4v) is 4.13. The van der Waals surface area contributed by atoms with E-state index in [4.69, 9.17) is 5.73 Å². The van der Waals surface area contributed by atoms with E-state index < -0.39 is 6.04 Å². The van der Waals surface area contributed by atoms with Crippen LogP contribution in [0, 0.1) is 13.8 Å². The van der Waals surface area contributed by atoms with Gasteiger partial charge in [-0.25, -0.2) is 4.98 Å². The molecule has 0 saturated heterocycles. The lowest BCUT2D eigenvalue weighted by Crippen LogP contribution is -2.49. The van der Waals surface area contributed by atoms with Gasteiger partial charge < -0.3 is 20.7 Å². The number of amides is 1. The van der Waals surface area contributed by atoms with Gasteiger partial charge in [0, 0.05) is 6.04 Å². The van der Waals surface area contributed by atoms with Crippen molar-refractivity contribution in [3.05, 3.63) is 71.2 Å². The van der Waals surface area contributed by atoms with Gasteiger partial charge in [-0.2, -0.15) is 0 Å². The minimum Gasteiger partial charge on any atom is -0.508 e. The number of nitrogens with two attached hydrogens (primary N) is 1. The number of phenols is 1. The average Bonchev–Trinajstić information content (AvgIpc) is 3.21. The van der Waals surface area contributed by atoms with Crippen molar-refractivity contribution in [2.45, 2.75) is 59.2 Å². The first-order valence-corrected chi connectivity index (χ1v) is 10.7. The van der Waals surface area contributed by atoms with E-state index in [0.717, 1.165) is 33.8 Å². The quantitative estimate of drug-likeness (QED) is 0.532. The Morgan fingerprint density at radius 1 is 1.13 bits per heavy atom. The predicted octanol–water partition coefficient (Wildman–Crippen LogP) is 4.27. The van der Waals surface area contributed by atoms with Crippen LogP contribution in [0.1, 0.15) is 49.3 Å². The van der Waals surface area contributed by atoms with Gasteiger partial charge >= 0.3 is 0 Å². The SMILES string of the molecule is Cc1cc(O)cc(C)c1C[C@H](N)C(=O)N(C(C)C)C(C)c1ncc(-c2ccccc2)[nH]1. The maximum absolute atomic E-state index is 13.4. The fourth-order valence-electron chi connectivity index (χ4n) is 4.13. The Morgan fingerprint density at radius 2 is 1.74 bits per heavy atom. The van der Waals surface area contributed by atoms with Gasteiger partial charge in [0.15, 0.2) is 0 Å². The van der Waals surface area contributed by atoms with Crippen LogP contribution in [-0.4, -0.2) is 38.0 Å². The molecule has 1 heterocycles. The molecule has 6 heteroatoms. The number of imidazole rings is 1. The lowest BCUT2D eigenvalue weighted by Gasteiger charge is -2.34. The molecule has 1 amide bonds. The number of aromatic hydroxyl groups is 1. The van der Waals surface area contributed by atoms with Crippen LogP contribution in [0.15, 0.2) is 48.7 Å². The minimum absolute atomic E-state index is 0.0409. The third-order valence-corrected chi connectivity index (χ3v) is 5.73. The molecule has 0 bridgehead atoms. The summed E-state index contributed by atoms with van der Waals surface area (Å²) in [4.78, 5) is 23.1. The number of hydrogen-bond acceptors (Lipinski definition) is 4. The zero-order valence-corrected chi connectivity index (χ0v) is 18.9. The summed E-state index contributed by atoms with van der Waals surface area (Å²) in [6.45, 7) is 9.79. The van der Waals surface area contributed by atoms with Gasteiger partial charge in [-0.3, -0.25) is 4.79 Å². The summed E-state index contributed by atoms with van der Waals surface area (Å²) in [5.74, 6) is 0.834. The highest BCUT2D eigenvalue weighted by atomic mass is 16.3. The Hall–Kier alpha value is -3.12. The third kappa shape index (κ3) is 4.97. The summed E-state index contributed by atoms with van der Waals surface area (Å²) in [5, 5.41) is 9.79. The van der Waals surface area contributed by atoms with Crippen LogP contribution in [-0.2, 0) is 11.2 Å². The average molecular weight is 421 g/mol. The highest BCUT2D eigenvalue weighted by Gasteiger charge is 2.30. The van der Waals surface area contributed by atoms with Crippen molar-refractivity contribution in [3.63, 3.8) is 0 Å². The van der Waals surface area contributed by atoms with Gasteiger partial charge in [0.1, 0.15) is 11.6 Å². The smallest absolute Gasteiger partial charge is 0.240 e. The van der Waals surface area contributed by atoms with E-state index in [2.05, 4.69) is 9.97 Å². The first-order valence-electron chi connectivity index (χ1n) is 10.7. The zero-order chi connectivity index (χ0) is 22.7. The molecule has 1 aromatic heterocycles. The third-order valence-electron chi connectivity index (χ3n) is 5.73. The van der Waals surface area contributed by atoms with E-state index in [1.807, 2.05) is 65.0 Å². The molecule has 31 heavy (non-hydrogen) atoms. The van der Waals surface area contributed by atoms with E-state index in [-0.39, 0.29) is 23.7 Å². The molecular weight excluding hydrogens is 388 g/mol. The molecule has 0 spiro atoms. The fraction of sp³-hybridized carbons (Fsp3) is 0.360. The van der Waals surface area contributed by atoms with Gasteiger partial charge in [-0.05, 0) is 75.4 Å². The number of phenolic OH excluding ortho intramolecular Hbond substituents is 1. The van der Waals surface area contributed by atoms with E-state index in [0.29, 0.717) is 6.42 Å². The minimum atomic E-state index is -0.685. The topological polar surface area (TPSA) is 95.2 Å². The number of aryl methyl sites for hydroxylation is 2. The molecule has 2 atom stereocenters. The van der Waals surface area contributed by atoms with Crippen molar-refractivity contribution >= 4 is 5.91 Å². The Balaban J connectivity index is 1.81. The van der Waals surface area contributed by atoms with Crippen molar-refractivity contribution in [2.75, 3.05) is 0 Å². The molecule has 3 rings (SSSR count). The lowest BCUT2D eigenvalue weighted by molar-refractivity contribution is -0.137. The van der Waals surface area contributed by atoms with Gasteiger partial charge in [0.25, 0.3) is 0 Å². The van der Waals surface area contributed by atoms with Crippen LogP contribution < -0.4 is 5.73 Å². The van der Waals surface area contributed by atoms with Crippen LogP contribution in [0.3, 0.4) is 0 Å². The monoisotopic (exact) mass is 420 g/mol. The highest BCUT2D eigenvalue weighted by Crippen LogP contribution is 2.26. The molecule has 0 aliphatic rings. The van der Waals surface area contributed by atoms with Gasteiger partial charge in [0.2, 0.25) is 5.91 Å². The van der Waals surface area contributed by atoms with E-state index in [1.54, 1.807) is 23.2 Å². The summed E-state index contributed by atoms with van der Waals surface area (Å²) in [6, 6.07) is 12.4. The van der Waals surface area contributed by atoms with Crippen molar-refractivity contribution in [3.8, 4) is 17.0 Å². The molecule has 0 fully saturated rings. The molecule has 4 N–H and O–H groups in total. The van der Waals surface area contributed by atoms with Crippen LogP contribution in [0.2, 0.25) is 0 Å². The first-order chi connectivity index (χ1) is 14.7. The second-order valence-corrected chi connectivity index (χ2v) is 8.43. The van der Waals surface area contributed by atoms with E-state index in [1.165, 1.54) is 0 Å². The number of carbonyl (C=O) groups excluding carboxylic acids is 1. The lowest BCUT2D eigenvalue weighted by atomic mass is 9.95. The summed E-state index contributed by atoms with van der Waals surface area (Å²) < 4.78 is 0. The van der Waals surface area contributed by atoms with Crippen molar-refractivity contribution in [1.82, 2.24) is 14.9 Å². The van der Waals surface area contributed by atoms with E-state index in [9.17, 15) is 9.90 Å². The second-order valence-electron chi connectivity index (χ2n) is 8.43. The maximum atomic E-state index is 13.4. The standard InChI is InChI=1S/C25H32N4O2/c1-15(2)29(18(5)24-27-14-23(28-24)19-9-7-6-8-10-19)25(31)22(26)13-21-16(3)11-20(30)12-17(21)4/h6-12,14-15,18,22,30H,13,26H2,1-5H3,(H,27,28)/t18?,22-/m0/s1. The number of carbonyl (C=O) groups is 1. The van der Waals surface area contributed by atoms with Crippen LogP contribution in [0.5, 0.6) is 5.75 Å². The highest BCUT2D eigenvalue weighted by molar-refractivity contribution is 5.82. The molecule has 0 aliphatic carbocycles. The molecular formula is C25H32N4O2. The number of nitrogens with zero attached hydrogens (tertiary/aromatic N) is 2. The number of aromatic nitrogens is 2. The van der Waals surface area contributed by atoms with Crippen molar-refractivity contribution in [1.29, 1.82) is 0 Å². The molecule has 1 unspecified atom stereocenters. The molecule has 3 aromatic rings. The Morgan fingerprint density at radius 3 is 2.32 bits per heavy atom. The zero-order valence-electron chi connectivity index (χ0n) is 18.9. The van der Waals surface area contributed by atoms with Crippen LogP contribution in [0.4, 0.5) is 0 Å². The number of hydrogen-bond donors (Lipinski definition) is 3. The van der Waals surface area contributed by atoms with Gasteiger partial charge in [0.05, 0.1) is 24.0 Å². The Bertz CT molecular complexity index is 1020. The molecule has 0 aliphatic heterocycles. The van der Waals surface area contributed by atoms with Crippen molar-refractivity contribution in [2.24, 2.45) is 5.73 Å². The summed E-state index contributed by atoms with van der Waals surface area (Å²) in [7, 11) is 0. The summed E-state index contributed by atoms with van der Waals surface area (Å²) >= 11 is 0. The maximum Gasteiger partial charge on any atom is 0.240 e. The predicted molar refractivity (Wildman–Crippen MR) is 124 cm³/mol. The Kier molecular flexibility index (Phi) is 6.81. The first kappa shape index (κ1) is 22.6. The molecule has 6 nitrogen and oxygen atoms in total. The van der Waals surface area contributed by atoms with Crippen molar-refractivity contribution < 1.29 is 9.90 Å². The largest absolute Gasteiger partial charge is 0.508 e. The number of aromatic amines is 1. The number of H-pyrrole nitrogens is 1. The normalized spacial score (nSPS) is 13.3. The second kappa shape index (κ2) is 9.35. The Labute approximate surface area is 184 Å². The molecule has 0 radical (unpaired) electrons. The molecule has 164 valence electrons.